The van der Waals surface area contributed by atoms with Crippen molar-refractivity contribution in [3.8, 4) is 5.75 Å². The van der Waals surface area contributed by atoms with Crippen molar-refractivity contribution in [2.75, 3.05) is 11.9 Å². The van der Waals surface area contributed by atoms with E-state index in [1.807, 2.05) is 47.2 Å². The number of carbonyl (C=O) groups is 1. The summed E-state index contributed by atoms with van der Waals surface area (Å²) < 4.78 is 41.0. The van der Waals surface area contributed by atoms with Gasteiger partial charge in [-0.2, -0.15) is 0 Å². The van der Waals surface area contributed by atoms with Crippen LogP contribution in [0.15, 0.2) is 67.0 Å². The number of fused-ring (bicyclic) bond motifs is 1. The SMILES string of the molecule is CN(c1cccnc1)c1cccc2c1C(C=O)N(Cc1ccc(OC(F)(F)F)cc1)C2. The molecule has 0 radical (unpaired) electrons. The summed E-state index contributed by atoms with van der Waals surface area (Å²) in [5.41, 5.74) is 4.58. The molecule has 1 unspecified atom stereocenters. The van der Waals surface area contributed by atoms with Gasteiger partial charge in [-0.25, -0.2) is 0 Å². The van der Waals surface area contributed by atoms with Gasteiger partial charge in [-0.3, -0.25) is 9.88 Å². The summed E-state index contributed by atoms with van der Waals surface area (Å²) in [4.78, 5) is 20.2. The van der Waals surface area contributed by atoms with Gasteiger partial charge >= 0.3 is 6.36 Å². The molecule has 1 atom stereocenters. The number of aldehydes is 1. The van der Waals surface area contributed by atoms with Crippen LogP contribution in [0.2, 0.25) is 0 Å². The maximum absolute atomic E-state index is 12.4. The number of alkyl halides is 3. The van der Waals surface area contributed by atoms with Crippen LogP contribution < -0.4 is 9.64 Å². The number of aromatic nitrogens is 1. The van der Waals surface area contributed by atoms with E-state index >= 15 is 0 Å². The topological polar surface area (TPSA) is 45.7 Å². The highest BCUT2D eigenvalue weighted by molar-refractivity contribution is 5.75. The Balaban J connectivity index is 1.57. The highest BCUT2D eigenvalue weighted by Crippen LogP contribution is 2.41. The molecular weight excluding hydrogens is 407 g/mol. The Morgan fingerprint density at radius 3 is 2.58 bits per heavy atom. The van der Waals surface area contributed by atoms with Gasteiger partial charge < -0.3 is 14.4 Å². The zero-order valence-electron chi connectivity index (χ0n) is 16.7. The molecular formula is C23H20F3N3O2. The molecule has 5 nitrogen and oxygen atoms in total. The summed E-state index contributed by atoms with van der Waals surface area (Å²) in [6, 6.07) is 15.0. The van der Waals surface area contributed by atoms with E-state index in [1.165, 1.54) is 12.1 Å². The maximum Gasteiger partial charge on any atom is 0.573 e. The highest BCUT2D eigenvalue weighted by Gasteiger charge is 2.33. The first-order valence-corrected chi connectivity index (χ1v) is 9.65. The van der Waals surface area contributed by atoms with Crippen molar-refractivity contribution in [1.29, 1.82) is 0 Å². The third-order valence-corrected chi connectivity index (χ3v) is 5.30. The van der Waals surface area contributed by atoms with E-state index in [0.29, 0.717) is 13.1 Å². The molecule has 0 aliphatic carbocycles. The lowest BCUT2D eigenvalue weighted by atomic mass is 10.0. The van der Waals surface area contributed by atoms with Gasteiger partial charge in [-0.1, -0.05) is 24.3 Å². The largest absolute Gasteiger partial charge is 0.573 e. The van der Waals surface area contributed by atoms with Crippen LogP contribution in [0.4, 0.5) is 24.5 Å². The fourth-order valence-electron chi connectivity index (χ4n) is 3.90. The molecule has 3 aromatic rings. The fourth-order valence-corrected chi connectivity index (χ4v) is 3.90. The van der Waals surface area contributed by atoms with Gasteiger partial charge in [0.2, 0.25) is 0 Å². The summed E-state index contributed by atoms with van der Waals surface area (Å²) in [6.07, 6.45) is -0.356. The zero-order valence-corrected chi connectivity index (χ0v) is 16.7. The first kappa shape index (κ1) is 20.9. The van der Waals surface area contributed by atoms with Crippen molar-refractivity contribution in [2.45, 2.75) is 25.5 Å². The van der Waals surface area contributed by atoms with E-state index in [2.05, 4.69) is 9.72 Å². The molecule has 1 aliphatic heterocycles. The van der Waals surface area contributed by atoms with Crippen molar-refractivity contribution >= 4 is 17.7 Å². The van der Waals surface area contributed by atoms with Crippen LogP contribution in [0.25, 0.3) is 0 Å². The molecule has 0 fully saturated rings. The van der Waals surface area contributed by atoms with E-state index in [1.54, 1.807) is 24.5 Å². The maximum atomic E-state index is 12.4. The number of ether oxygens (including phenoxy) is 1. The van der Waals surface area contributed by atoms with Crippen LogP contribution in [0.1, 0.15) is 22.7 Å². The quantitative estimate of drug-likeness (QED) is 0.518. The molecule has 31 heavy (non-hydrogen) atoms. The second kappa shape index (κ2) is 8.39. The molecule has 4 rings (SSSR count). The number of pyridine rings is 1. The van der Waals surface area contributed by atoms with Crippen LogP contribution in [0.3, 0.4) is 0 Å². The first-order valence-electron chi connectivity index (χ1n) is 9.65. The minimum absolute atomic E-state index is 0.270. The molecule has 1 aromatic heterocycles. The molecule has 1 aliphatic rings. The lowest BCUT2D eigenvalue weighted by Gasteiger charge is -2.25. The summed E-state index contributed by atoms with van der Waals surface area (Å²) in [7, 11) is 1.93. The molecule has 0 amide bonds. The lowest BCUT2D eigenvalue weighted by molar-refractivity contribution is -0.274. The molecule has 2 heterocycles. The number of hydrogen-bond donors (Lipinski definition) is 0. The van der Waals surface area contributed by atoms with E-state index in [-0.39, 0.29) is 5.75 Å². The Hall–Kier alpha value is -3.39. The predicted octanol–water partition coefficient (Wildman–Crippen LogP) is 5.00. The fraction of sp³-hybridized carbons (Fsp3) is 0.217. The van der Waals surface area contributed by atoms with Crippen LogP contribution in [-0.2, 0) is 17.9 Å². The van der Waals surface area contributed by atoms with Crippen molar-refractivity contribution in [3.05, 3.63) is 83.7 Å². The lowest BCUT2D eigenvalue weighted by Crippen LogP contribution is -2.23. The average Bonchev–Trinajstić information content (AvgIpc) is 3.11. The normalized spacial score (nSPS) is 16.1. The van der Waals surface area contributed by atoms with Crippen LogP contribution in [0.5, 0.6) is 5.75 Å². The van der Waals surface area contributed by atoms with Crippen molar-refractivity contribution in [2.24, 2.45) is 0 Å². The number of hydrogen-bond acceptors (Lipinski definition) is 5. The standard InChI is InChI=1S/C23H20F3N3O2/c1-28(18-5-3-11-27-12-18)20-6-2-4-17-14-29(21(15-30)22(17)20)13-16-7-9-19(10-8-16)31-23(24,25)26/h2-12,15,21H,13-14H2,1H3. The van der Waals surface area contributed by atoms with Gasteiger partial charge in [-0.05, 0) is 41.5 Å². The van der Waals surface area contributed by atoms with E-state index < -0.39 is 12.4 Å². The Labute approximate surface area is 177 Å². The third kappa shape index (κ3) is 4.54. The zero-order chi connectivity index (χ0) is 22.0. The van der Waals surface area contributed by atoms with Crippen molar-refractivity contribution in [3.63, 3.8) is 0 Å². The molecule has 0 saturated heterocycles. The molecule has 160 valence electrons. The molecule has 0 N–H and O–H groups in total. The Morgan fingerprint density at radius 2 is 1.94 bits per heavy atom. The minimum Gasteiger partial charge on any atom is -0.406 e. The van der Waals surface area contributed by atoms with Gasteiger partial charge in [0.15, 0.2) is 0 Å². The molecule has 0 spiro atoms. The van der Waals surface area contributed by atoms with Crippen molar-refractivity contribution < 1.29 is 22.7 Å². The number of anilines is 2. The van der Waals surface area contributed by atoms with Gasteiger partial charge in [0.25, 0.3) is 0 Å². The molecule has 2 aromatic carbocycles. The van der Waals surface area contributed by atoms with Gasteiger partial charge in [0, 0.05) is 37.6 Å². The van der Waals surface area contributed by atoms with Crippen LogP contribution in [0, 0.1) is 0 Å². The molecule has 0 saturated carbocycles. The van der Waals surface area contributed by atoms with E-state index in [9.17, 15) is 18.0 Å². The third-order valence-electron chi connectivity index (χ3n) is 5.30. The highest BCUT2D eigenvalue weighted by atomic mass is 19.4. The number of carbonyl (C=O) groups excluding carboxylic acids is 1. The summed E-state index contributed by atoms with van der Waals surface area (Å²) in [5, 5.41) is 0. The minimum atomic E-state index is -4.72. The molecule has 0 bridgehead atoms. The average molecular weight is 427 g/mol. The van der Waals surface area contributed by atoms with Gasteiger partial charge in [0.1, 0.15) is 12.0 Å². The summed E-state index contributed by atoms with van der Waals surface area (Å²) in [6.45, 7) is 0.981. The molecule has 8 heteroatoms. The number of rotatable bonds is 6. The smallest absolute Gasteiger partial charge is 0.406 e. The second-order valence-electron chi connectivity index (χ2n) is 7.30. The van der Waals surface area contributed by atoms with Crippen LogP contribution in [-0.4, -0.2) is 29.6 Å². The second-order valence-corrected chi connectivity index (χ2v) is 7.30. The Kier molecular flexibility index (Phi) is 5.65. The van der Waals surface area contributed by atoms with Crippen molar-refractivity contribution in [1.82, 2.24) is 9.88 Å². The monoisotopic (exact) mass is 427 g/mol. The summed E-state index contributed by atoms with van der Waals surface area (Å²) in [5.74, 6) is -0.270. The Bertz CT molecular complexity index is 1060. The van der Waals surface area contributed by atoms with E-state index in [4.69, 9.17) is 0 Å². The van der Waals surface area contributed by atoms with Gasteiger partial charge in [-0.15, -0.1) is 13.2 Å². The summed E-state index contributed by atoms with van der Waals surface area (Å²) >= 11 is 0. The Morgan fingerprint density at radius 1 is 1.16 bits per heavy atom. The van der Waals surface area contributed by atoms with Crippen LogP contribution >= 0.6 is 0 Å². The van der Waals surface area contributed by atoms with Gasteiger partial charge in [0.05, 0.1) is 17.9 Å². The predicted molar refractivity (Wildman–Crippen MR) is 110 cm³/mol. The number of nitrogens with zero attached hydrogens (tertiary/aromatic N) is 3. The number of halogens is 3. The van der Waals surface area contributed by atoms with E-state index in [0.717, 1.165) is 34.4 Å². The number of benzene rings is 2. The first-order chi connectivity index (χ1) is 14.9.